The fourth-order valence-electron chi connectivity index (χ4n) is 1.81. The second-order valence-corrected chi connectivity index (χ2v) is 5.75. The van der Waals surface area contributed by atoms with Crippen molar-refractivity contribution in [1.82, 2.24) is 0 Å². The van der Waals surface area contributed by atoms with Crippen molar-refractivity contribution in [2.45, 2.75) is 26.2 Å². The molecule has 0 aromatic heterocycles. The Balaban J connectivity index is 2.33. The average Bonchev–Trinajstić information content (AvgIpc) is 2.35. The molecule has 0 aliphatic heterocycles. The molecule has 1 aromatic carbocycles. The number of halogens is 2. The van der Waals surface area contributed by atoms with Crippen LogP contribution in [0.15, 0.2) is 28.7 Å². The third kappa shape index (κ3) is 6.58. The van der Waals surface area contributed by atoms with Crippen molar-refractivity contribution in [2.75, 3.05) is 18.5 Å². The molecule has 1 nitrogen and oxygen atoms in total. The van der Waals surface area contributed by atoms with E-state index >= 15 is 0 Å². The Labute approximate surface area is 121 Å². The van der Waals surface area contributed by atoms with E-state index in [4.69, 9.17) is 4.74 Å². The molecule has 1 aromatic rings. The molecule has 0 heterocycles. The van der Waals surface area contributed by atoms with E-state index in [9.17, 15) is 0 Å². The van der Waals surface area contributed by atoms with Gasteiger partial charge in [0.1, 0.15) is 0 Å². The van der Waals surface area contributed by atoms with Gasteiger partial charge in [0.05, 0.1) is 0 Å². The van der Waals surface area contributed by atoms with Gasteiger partial charge in [-0.3, -0.25) is 0 Å². The Hall–Kier alpha value is 0.140. The van der Waals surface area contributed by atoms with Crippen LogP contribution in [-0.4, -0.2) is 18.5 Å². The van der Waals surface area contributed by atoms with Crippen molar-refractivity contribution in [2.24, 2.45) is 5.92 Å². The Morgan fingerprint density at radius 1 is 1.24 bits per heavy atom. The minimum Gasteiger partial charge on any atom is -0.382 e. The lowest BCUT2D eigenvalue weighted by molar-refractivity contribution is 0.140. The Kier molecular flexibility index (Phi) is 8.15. The van der Waals surface area contributed by atoms with Crippen LogP contribution in [0.4, 0.5) is 0 Å². The molecule has 1 atom stereocenters. The van der Waals surface area contributed by atoms with Crippen LogP contribution in [0.25, 0.3) is 0 Å². The summed E-state index contributed by atoms with van der Waals surface area (Å²) in [5, 5.41) is 1.06. The van der Waals surface area contributed by atoms with E-state index in [-0.39, 0.29) is 0 Å². The quantitative estimate of drug-likeness (QED) is 0.475. The van der Waals surface area contributed by atoms with Crippen LogP contribution in [0.1, 0.15) is 25.3 Å². The summed E-state index contributed by atoms with van der Waals surface area (Å²) in [6.45, 7) is 3.76. The fourth-order valence-corrected chi connectivity index (χ4v) is 2.62. The van der Waals surface area contributed by atoms with E-state index in [1.165, 1.54) is 12.0 Å². The Bertz CT molecular complexity index is 298. The van der Waals surface area contributed by atoms with Gasteiger partial charge in [-0.05, 0) is 49.8 Å². The lowest BCUT2D eigenvalue weighted by atomic mass is 9.97. The zero-order chi connectivity index (χ0) is 12.5. The Morgan fingerprint density at radius 2 is 1.94 bits per heavy atom. The number of hydrogen-bond acceptors (Lipinski definition) is 1. The van der Waals surface area contributed by atoms with Crippen LogP contribution in [-0.2, 0) is 11.2 Å². The fraction of sp³-hybridized carbons (Fsp3) is 0.571. The van der Waals surface area contributed by atoms with E-state index in [2.05, 4.69) is 56.1 Å². The van der Waals surface area contributed by atoms with Gasteiger partial charge in [-0.1, -0.05) is 44.0 Å². The molecular weight excluding hydrogens is 344 g/mol. The van der Waals surface area contributed by atoms with Gasteiger partial charge in [0, 0.05) is 23.0 Å². The summed E-state index contributed by atoms with van der Waals surface area (Å²) in [6, 6.07) is 8.62. The van der Waals surface area contributed by atoms with Gasteiger partial charge in [-0.25, -0.2) is 0 Å². The Morgan fingerprint density at radius 3 is 2.53 bits per heavy atom. The van der Waals surface area contributed by atoms with Crippen LogP contribution in [0.2, 0.25) is 0 Å². The third-order valence-electron chi connectivity index (χ3n) is 2.76. The maximum absolute atomic E-state index is 5.37. The molecule has 0 bridgehead atoms. The predicted molar refractivity (Wildman–Crippen MR) is 80.9 cm³/mol. The minimum atomic E-state index is 0.705. The van der Waals surface area contributed by atoms with E-state index in [1.807, 2.05) is 6.92 Å². The highest BCUT2D eigenvalue weighted by Crippen LogP contribution is 2.18. The molecule has 0 amide bonds. The van der Waals surface area contributed by atoms with Gasteiger partial charge in [0.2, 0.25) is 0 Å². The molecule has 0 aliphatic carbocycles. The highest BCUT2D eigenvalue weighted by molar-refractivity contribution is 9.10. The normalized spacial score (nSPS) is 12.6. The van der Waals surface area contributed by atoms with Crippen LogP contribution in [0.5, 0.6) is 0 Å². The van der Waals surface area contributed by atoms with Crippen LogP contribution >= 0.6 is 31.9 Å². The van der Waals surface area contributed by atoms with E-state index in [0.29, 0.717) is 5.92 Å². The van der Waals surface area contributed by atoms with Crippen LogP contribution < -0.4 is 0 Å². The highest BCUT2D eigenvalue weighted by atomic mass is 79.9. The number of benzene rings is 1. The zero-order valence-electron chi connectivity index (χ0n) is 10.3. The first kappa shape index (κ1) is 15.2. The predicted octanol–water partition coefficient (Wildman–Crippen LogP) is 4.82. The lowest BCUT2D eigenvalue weighted by Crippen LogP contribution is -2.08. The molecule has 1 unspecified atom stereocenters. The smallest absolute Gasteiger partial charge is 0.0466 e. The summed E-state index contributed by atoms with van der Waals surface area (Å²) in [7, 11) is 0. The molecule has 0 N–H and O–H groups in total. The number of alkyl halides is 1. The third-order valence-corrected chi connectivity index (χ3v) is 4.21. The van der Waals surface area contributed by atoms with Gasteiger partial charge in [0.25, 0.3) is 0 Å². The molecule has 17 heavy (non-hydrogen) atoms. The summed E-state index contributed by atoms with van der Waals surface area (Å²) >= 11 is 7.07. The van der Waals surface area contributed by atoms with Crippen molar-refractivity contribution in [1.29, 1.82) is 0 Å². The van der Waals surface area contributed by atoms with Gasteiger partial charge in [-0.2, -0.15) is 0 Å². The number of ether oxygens (including phenoxy) is 1. The first-order chi connectivity index (χ1) is 8.26. The lowest BCUT2D eigenvalue weighted by Gasteiger charge is -2.14. The van der Waals surface area contributed by atoms with Crippen molar-refractivity contribution in [3.05, 3.63) is 34.3 Å². The minimum absolute atomic E-state index is 0.705. The molecular formula is C14H20Br2O. The van der Waals surface area contributed by atoms with Crippen molar-refractivity contribution >= 4 is 31.9 Å². The molecule has 0 saturated heterocycles. The molecule has 1 rings (SSSR count). The molecule has 0 aliphatic rings. The first-order valence-corrected chi connectivity index (χ1v) is 8.05. The zero-order valence-corrected chi connectivity index (χ0v) is 13.5. The van der Waals surface area contributed by atoms with E-state index < -0.39 is 0 Å². The molecule has 3 heteroatoms. The van der Waals surface area contributed by atoms with Crippen LogP contribution in [0.3, 0.4) is 0 Å². The monoisotopic (exact) mass is 362 g/mol. The maximum Gasteiger partial charge on any atom is 0.0466 e. The first-order valence-electron chi connectivity index (χ1n) is 6.14. The summed E-state index contributed by atoms with van der Waals surface area (Å²) < 4.78 is 6.52. The molecule has 0 radical (unpaired) electrons. The van der Waals surface area contributed by atoms with Gasteiger partial charge < -0.3 is 4.74 Å². The van der Waals surface area contributed by atoms with E-state index in [0.717, 1.165) is 35.9 Å². The second-order valence-electron chi connectivity index (χ2n) is 4.19. The van der Waals surface area contributed by atoms with Gasteiger partial charge >= 0.3 is 0 Å². The van der Waals surface area contributed by atoms with Crippen molar-refractivity contribution in [3.8, 4) is 0 Å². The topological polar surface area (TPSA) is 9.23 Å². The van der Waals surface area contributed by atoms with Gasteiger partial charge in [-0.15, -0.1) is 0 Å². The molecule has 96 valence electrons. The molecule has 0 spiro atoms. The molecule has 0 fully saturated rings. The second kappa shape index (κ2) is 9.12. The summed E-state index contributed by atoms with van der Waals surface area (Å²) in [5.41, 5.74) is 1.41. The summed E-state index contributed by atoms with van der Waals surface area (Å²) in [4.78, 5) is 0. The summed E-state index contributed by atoms with van der Waals surface area (Å²) in [5.74, 6) is 0.705. The summed E-state index contributed by atoms with van der Waals surface area (Å²) in [6.07, 6.45) is 3.52. The number of rotatable bonds is 8. The number of hydrogen-bond donors (Lipinski definition) is 0. The van der Waals surface area contributed by atoms with Crippen molar-refractivity contribution in [3.63, 3.8) is 0 Å². The van der Waals surface area contributed by atoms with Gasteiger partial charge in [0.15, 0.2) is 0 Å². The van der Waals surface area contributed by atoms with Crippen LogP contribution in [0, 0.1) is 5.92 Å². The average molecular weight is 364 g/mol. The van der Waals surface area contributed by atoms with E-state index in [1.54, 1.807) is 0 Å². The SMILES string of the molecule is CCOCCCC(CBr)Cc1ccc(Br)cc1. The standard InChI is InChI=1S/C14H20Br2O/c1-2-17-9-3-4-13(11-15)10-12-5-7-14(16)8-6-12/h5-8,13H,2-4,9-11H2,1H3. The largest absolute Gasteiger partial charge is 0.382 e. The molecule has 0 saturated carbocycles. The van der Waals surface area contributed by atoms with Crippen molar-refractivity contribution < 1.29 is 4.74 Å². The highest BCUT2D eigenvalue weighted by Gasteiger charge is 2.08. The maximum atomic E-state index is 5.37.